The number of ether oxygens (including phenoxy) is 1. The molecule has 0 spiro atoms. The molecule has 1 fully saturated rings. The molecular weight excluding hydrogens is 228 g/mol. The first-order chi connectivity index (χ1) is 8.66. The summed E-state index contributed by atoms with van der Waals surface area (Å²) in [5, 5.41) is 0. The van der Waals surface area contributed by atoms with E-state index in [1.165, 1.54) is 5.56 Å². The number of nitrogens with zero attached hydrogens (tertiary/aromatic N) is 1. The number of carbonyl (C=O) groups excluding carboxylic acids is 1. The van der Waals surface area contributed by atoms with Crippen molar-refractivity contribution < 1.29 is 9.53 Å². The molecule has 0 aromatic heterocycles. The summed E-state index contributed by atoms with van der Waals surface area (Å²) in [6.07, 6.45) is -0.457. The molecule has 1 heterocycles. The highest BCUT2D eigenvalue weighted by Gasteiger charge is 2.25. The quantitative estimate of drug-likeness (QED) is 0.864. The number of rotatable bonds is 4. The van der Waals surface area contributed by atoms with Crippen LogP contribution in [0, 0.1) is 0 Å². The topological polar surface area (TPSA) is 55.6 Å². The van der Waals surface area contributed by atoms with Gasteiger partial charge in [-0.15, -0.1) is 0 Å². The Balaban J connectivity index is 1.91. The molecular formula is C14H20N2O2. The molecule has 1 saturated heterocycles. The first kappa shape index (κ1) is 13.1. The van der Waals surface area contributed by atoms with Gasteiger partial charge in [0, 0.05) is 19.6 Å². The Hall–Kier alpha value is -1.39. The molecule has 1 aromatic carbocycles. The number of hydrogen-bond donors (Lipinski definition) is 1. The lowest BCUT2D eigenvalue weighted by Crippen LogP contribution is -2.49. The molecule has 98 valence electrons. The third-order valence-electron chi connectivity index (χ3n) is 3.37. The summed E-state index contributed by atoms with van der Waals surface area (Å²) in [7, 11) is 0. The van der Waals surface area contributed by atoms with Crippen LogP contribution in [0.4, 0.5) is 0 Å². The van der Waals surface area contributed by atoms with Crippen LogP contribution in [0.25, 0.3) is 0 Å². The predicted octanol–water partition coefficient (Wildman–Crippen LogP) is 0.976. The Kier molecular flexibility index (Phi) is 4.33. The van der Waals surface area contributed by atoms with Crippen LogP contribution in [0.1, 0.15) is 18.4 Å². The van der Waals surface area contributed by atoms with Crippen molar-refractivity contribution in [3.63, 3.8) is 0 Å². The van der Waals surface area contributed by atoms with Gasteiger partial charge in [0.2, 0.25) is 5.91 Å². The summed E-state index contributed by atoms with van der Waals surface area (Å²) in [6, 6.07) is 10.4. The molecule has 0 saturated carbocycles. The minimum atomic E-state index is -0.457. The van der Waals surface area contributed by atoms with Gasteiger partial charge in [-0.2, -0.15) is 0 Å². The van der Waals surface area contributed by atoms with Crippen LogP contribution in [0.2, 0.25) is 0 Å². The Morgan fingerprint density at radius 1 is 1.50 bits per heavy atom. The van der Waals surface area contributed by atoms with Gasteiger partial charge in [0.05, 0.1) is 6.61 Å². The third-order valence-corrected chi connectivity index (χ3v) is 3.37. The number of morpholine rings is 1. The highest BCUT2D eigenvalue weighted by molar-refractivity contribution is 5.79. The van der Waals surface area contributed by atoms with E-state index in [1.54, 1.807) is 0 Å². The van der Waals surface area contributed by atoms with Gasteiger partial charge >= 0.3 is 0 Å². The fourth-order valence-corrected chi connectivity index (χ4v) is 2.31. The zero-order chi connectivity index (χ0) is 13.0. The zero-order valence-electron chi connectivity index (χ0n) is 10.7. The van der Waals surface area contributed by atoms with Gasteiger partial charge in [0.25, 0.3) is 0 Å². The van der Waals surface area contributed by atoms with Crippen molar-refractivity contribution in [1.82, 2.24) is 4.90 Å². The van der Waals surface area contributed by atoms with Crippen LogP contribution in [0.3, 0.4) is 0 Å². The van der Waals surface area contributed by atoms with E-state index < -0.39 is 6.10 Å². The summed E-state index contributed by atoms with van der Waals surface area (Å²) in [6.45, 7) is 5.17. The van der Waals surface area contributed by atoms with Crippen LogP contribution in [-0.2, 0) is 9.53 Å². The average molecular weight is 248 g/mol. The molecule has 4 heteroatoms. The summed E-state index contributed by atoms with van der Waals surface area (Å²) in [5.41, 5.74) is 6.60. The van der Waals surface area contributed by atoms with E-state index in [9.17, 15) is 4.79 Å². The number of carbonyl (C=O) groups is 1. The van der Waals surface area contributed by atoms with Gasteiger partial charge in [-0.05, 0) is 11.5 Å². The summed E-state index contributed by atoms with van der Waals surface area (Å²) in [4.78, 5) is 13.4. The maximum Gasteiger partial charge on any atom is 0.247 e. The Morgan fingerprint density at radius 3 is 2.89 bits per heavy atom. The number of primary amides is 1. The smallest absolute Gasteiger partial charge is 0.247 e. The van der Waals surface area contributed by atoms with Gasteiger partial charge in [-0.25, -0.2) is 0 Å². The molecule has 2 rings (SSSR count). The first-order valence-electron chi connectivity index (χ1n) is 6.35. The molecule has 2 atom stereocenters. The molecule has 1 aliphatic rings. The molecule has 1 amide bonds. The molecule has 0 bridgehead atoms. The van der Waals surface area contributed by atoms with E-state index in [-0.39, 0.29) is 5.91 Å². The van der Waals surface area contributed by atoms with Crippen molar-refractivity contribution in [2.24, 2.45) is 5.73 Å². The van der Waals surface area contributed by atoms with Crippen LogP contribution in [-0.4, -0.2) is 43.2 Å². The van der Waals surface area contributed by atoms with Crippen LogP contribution in [0.5, 0.6) is 0 Å². The lowest BCUT2D eigenvalue weighted by atomic mass is 10.0. The van der Waals surface area contributed by atoms with Crippen LogP contribution in [0.15, 0.2) is 30.3 Å². The summed E-state index contributed by atoms with van der Waals surface area (Å²) >= 11 is 0. The standard InChI is InChI=1S/C14H20N2O2/c1-11(12-5-3-2-4-6-12)9-16-7-8-18-13(10-16)14(15)17/h2-6,11,13H,7-10H2,1H3,(H2,15,17)/t11-,13+/m1/s1. The summed E-state index contributed by atoms with van der Waals surface area (Å²) < 4.78 is 5.34. The molecule has 4 nitrogen and oxygen atoms in total. The van der Waals surface area contributed by atoms with Gasteiger partial charge < -0.3 is 10.5 Å². The summed E-state index contributed by atoms with van der Waals surface area (Å²) in [5.74, 6) is 0.0740. The molecule has 1 aliphatic heterocycles. The number of nitrogens with two attached hydrogens (primary N) is 1. The van der Waals surface area contributed by atoms with E-state index >= 15 is 0 Å². The van der Waals surface area contributed by atoms with Crippen molar-refractivity contribution >= 4 is 5.91 Å². The molecule has 0 aliphatic carbocycles. The first-order valence-corrected chi connectivity index (χ1v) is 6.35. The third kappa shape index (κ3) is 3.31. The second kappa shape index (κ2) is 5.98. The van der Waals surface area contributed by atoms with Crippen LogP contribution >= 0.6 is 0 Å². The lowest BCUT2D eigenvalue weighted by molar-refractivity contribution is -0.135. The van der Waals surface area contributed by atoms with Gasteiger partial charge in [-0.1, -0.05) is 37.3 Å². The second-order valence-corrected chi connectivity index (χ2v) is 4.83. The lowest BCUT2D eigenvalue weighted by Gasteiger charge is -2.33. The average Bonchev–Trinajstić information content (AvgIpc) is 2.40. The normalized spacial score (nSPS) is 22.6. The Morgan fingerprint density at radius 2 is 2.22 bits per heavy atom. The number of benzene rings is 1. The van der Waals surface area contributed by atoms with Crippen molar-refractivity contribution in [1.29, 1.82) is 0 Å². The van der Waals surface area contributed by atoms with Gasteiger partial charge in [0.1, 0.15) is 6.10 Å². The molecule has 0 radical (unpaired) electrons. The number of amides is 1. The van der Waals surface area contributed by atoms with Crippen molar-refractivity contribution in [2.75, 3.05) is 26.2 Å². The fourth-order valence-electron chi connectivity index (χ4n) is 2.31. The van der Waals surface area contributed by atoms with E-state index in [0.717, 1.165) is 13.1 Å². The highest BCUT2D eigenvalue weighted by Crippen LogP contribution is 2.17. The highest BCUT2D eigenvalue weighted by atomic mass is 16.5. The fraction of sp³-hybridized carbons (Fsp3) is 0.500. The van der Waals surface area contributed by atoms with Crippen molar-refractivity contribution in [3.8, 4) is 0 Å². The maximum atomic E-state index is 11.1. The van der Waals surface area contributed by atoms with E-state index in [4.69, 9.17) is 10.5 Å². The largest absolute Gasteiger partial charge is 0.367 e. The molecule has 2 N–H and O–H groups in total. The van der Waals surface area contributed by atoms with Crippen molar-refractivity contribution in [2.45, 2.75) is 18.9 Å². The SMILES string of the molecule is C[C@H](CN1CCO[C@H](C(N)=O)C1)c1ccccc1. The van der Waals surface area contributed by atoms with Crippen molar-refractivity contribution in [3.05, 3.63) is 35.9 Å². The van der Waals surface area contributed by atoms with E-state index in [0.29, 0.717) is 19.1 Å². The minimum Gasteiger partial charge on any atom is -0.367 e. The molecule has 18 heavy (non-hydrogen) atoms. The maximum absolute atomic E-state index is 11.1. The second-order valence-electron chi connectivity index (χ2n) is 4.83. The zero-order valence-corrected chi connectivity index (χ0v) is 10.7. The van der Waals surface area contributed by atoms with E-state index in [1.807, 2.05) is 6.07 Å². The molecule has 0 unspecified atom stereocenters. The predicted molar refractivity (Wildman–Crippen MR) is 70.2 cm³/mol. The van der Waals surface area contributed by atoms with Gasteiger partial charge in [-0.3, -0.25) is 9.69 Å². The van der Waals surface area contributed by atoms with E-state index in [2.05, 4.69) is 36.1 Å². The Labute approximate surface area is 108 Å². The monoisotopic (exact) mass is 248 g/mol. The van der Waals surface area contributed by atoms with Crippen LogP contribution < -0.4 is 5.73 Å². The molecule has 1 aromatic rings. The van der Waals surface area contributed by atoms with Gasteiger partial charge in [0.15, 0.2) is 0 Å². The Bertz CT molecular complexity index is 394. The number of hydrogen-bond acceptors (Lipinski definition) is 3. The minimum absolute atomic E-state index is 0.368.